The van der Waals surface area contributed by atoms with Gasteiger partial charge >= 0.3 is 0 Å². The molecule has 0 spiro atoms. The number of hydrogen-bond acceptors (Lipinski definition) is 6. The average Bonchev–Trinajstić information content (AvgIpc) is 3.18. The minimum atomic E-state index is -4.08. The molecule has 0 fully saturated rings. The number of para-hydroxylation sites is 1. The van der Waals surface area contributed by atoms with Crippen LogP contribution in [0.5, 0.6) is 11.6 Å². The summed E-state index contributed by atoms with van der Waals surface area (Å²) in [4.78, 5) is 8.26. The van der Waals surface area contributed by atoms with Crippen molar-refractivity contribution in [1.29, 1.82) is 0 Å². The molecular formula is C22H19F2N5O3S. The van der Waals surface area contributed by atoms with Gasteiger partial charge in [0.2, 0.25) is 17.6 Å². The number of aromatic nitrogens is 4. The van der Waals surface area contributed by atoms with Crippen LogP contribution in [-0.4, -0.2) is 28.2 Å². The molecular weight excluding hydrogens is 452 g/mol. The molecule has 1 N–H and O–H groups in total. The van der Waals surface area contributed by atoms with Crippen LogP contribution in [0.4, 0.5) is 14.7 Å². The first-order valence-corrected chi connectivity index (χ1v) is 11.2. The summed E-state index contributed by atoms with van der Waals surface area (Å²) in [5.74, 6) is -3.09. The Balaban J connectivity index is 1.83. The third-order valence-corrected chi connectivity index (χ3v) is 6.07. The Hall–Kier alpha value is -3.86. The highest BCUT2D eigenvalue weighted by Crippen LogP contribution is 2.32. The molecule has 0 amide bonds. The van der Waals surface area contributed by atoms with E-state index in [-0.39, 0.29) is 16.7 Å². The molecule has 0 aliphatic heterocycles. The summed E-state index contributed by atoms with van der Waals surface area (Å²) in [6.07, 6.45) is 2.48. The maximum Gasteiger partial charge on any atom is 0.267 e. The standard InChI is InChI=1S/C22H19F2N5O3S/c1-13-6-4-7-14(2)20(13)18-10-19(32-21-16(23)8-5-9-17(21)24)27-22(26-18)28-33(30,31)15-11-25-29(3)12-15/h4-12H,1-3H3,(H,26,27,28). The number of nitrogens with one attached hydrogen (secondary N) is 1. The van der Waals surface area contributed by atoms with Crippen LogP contribution in [0.25, 0.3) is 11.3 Å². The van der Waals surface area contributed by atoms with Crippen LogP contribution in [0.3, 0.4) is 0 Å². The van der Waals surface area contributed by atoms with Crippen LogP contribution in [0.15, 0.2) is 59.8 Å². The maximum absolute atomic E-state index is 14.2. The summed E-state index contributed by atoms with van der Waals surface area (Å²) in [7, 11) is -2.50. The van der Waals surface area contributed by atoms with Gasteiger partial charge in [-0.05, 0) is 37.1 Å². The first-order valence-electron chi connectivity index (χ1n) is 9.73. The zero-order valence-corrected chi connectivity index (χ0v) is 18.7. The lowest BCUT2D eigenvalue weighted by atomic mass is 10.00. The summed E-state index contributed by atoms with van der Waals surface area (Å²) in [5, 5.41) is 3.85. The van der Waals surface area contributed by atoms with Crippen molar-refractivity contribution in [2.75, 3.05) is 4.72 Å². The van der Waals surface area contributed by atoms with E-state index in [0.717, 1.165) is 23.3 Å². The number of aryl methyl sites for hydroxylation is 3. The molecule has 0 aliphatic rings. The van der Waals surface area contributed by atoms with E-state index in [1.807, 2.05) is 32.0 Å². The summed E-state index contributed by atoms with van der Waals surface area (Å²) in [6.45, 7) is 3.72. The molecule has 11 heteroatoms. The molecule has 4 rings (SSSR count). The molecule has 0 bridgehead atoms. The Morgan fingerprint density at radius 2 is 1.64 bits per heavy atom. The molecule has 0 unspecified atom stereocenters. The summed E-state index contributed by atoms with van der Waals surface area (Å²) in [6, 6.07) is 10.3. The molecule has 0 saturated heterocycles. The summed E-state index contributed by atoms with van der Waals surface area (Å²) >= 11 is 0. The van der Waals surface area contributed by atoms with Crippen LogP contribution in [-0.2, 0) is 17.1 Å². The van der Waals surface area contributed by atoms with Crippen molar-refractivity contribution < 1.29 is 21.9 Å². The first-order chi connectivity index (χ1) is 15.6. The quantitative estimate of drug-likeness (QED) is 0.449. The Labute approximate surface area is 188 Å². The highest BCUT2D eigenvalue weighted by molar-refractivity contribution is 7.92. The summed E-state index contributed by atoms with van der Waals surface area (Å²) in [5.41, 5.74) is 2.74. The molecule has 0 atom stereocenters. The fourth-order valence-corrected chi connectivity index (χ4v) is 4.20. The molecule has 2 aromatic heterocycles. The largest absolute Gasteiger partial charge is 0.433 e. The van der Waals surface area contributed by atoms with Gasteiger partial charge < -0.3 is 4.74 Å². The minimum Gasteiger partial charge on any atom is -0.433 e. The molecule has 4 aromatic rings. The van der Waals surface area contributed by atoms with Gasteiger partial charge in [-0.1, -0.05) is 24.3 Å². The van der Waals surface area contributed by atoms with Gasteiger partial charge in [-0.2, -0.15) is 10.1 Å². The van der Waals surface area contributed by atoms with E-state index in [0.29, 0.717) is 11.3 Å². The van der Waals surface area contributed by atoms with Crippen molar-refractivity contribution in [3.8, 4) is 22.9 Å². The molecule has 170 valence electrons. The zero-order chi connectivity index (χ0) is 23.8. The fourth-order valence-electron chi connectivity index (χ4n) is 3.27. The van der Waals surface area contributed by atoms with Crippen LogP contribution in [0, 0.1) is 25.5 Å². The lowest BCUT2D eigenvalue weighted by Crippen LogP contribution is -2.15. The number of sulfonamides is 1. The van der Waals surface area contributed by atoms with Gasteiger partial charge in [-0.25, -0.2) is 26.9 Å². The molecule has 0 saturated carbocycles. The average molecular weight is 471 g/mol. The van der Waals surface area contributed by atoms with Crippen LogP contribution in [0.2, 0.25) is 0 Å². The van der Waals surface area contributed by atoms with E-state index in [4.69, 9.17) is 4.74 Å². The molecule has 2 heterocycles. The van der Waals surface area contributed by atoms with Crippen LogP contribution >= 0.6 is 0 Å². The Morgan fingerprint density at radius 1 is 1.00 bits per heavy atom. The van der Waals surface area contributed by atoms with Gasteiger partial charge in [-0.15, -0.1) is 0 Å². The van der Waals surface area contributed by atoms with Gasteiger partial charge in [0.25, 0.3) is 10.0 Å². The normalized spacial score (nSPS) is 11.4. The predicted molar refractivity (Wildman–Crippen MR) is 117 cm³/mol. The Morgan fingerprint density at radius 3 is 2.24 bits per heavy atom. The third kappa shape index (κ3) is 4.67. The monoisotopic (exact) mass is 471 g/mol. The van der Waals surface area contributed by atoms with Gasteiger partial charge in [0.15, 0.2) is 11.6 Å². The molecule has 33 heavy (non-hydrogen) atoms. The number of hydrogen-bond donors (Lipinski definition) is 1. The number of halogens is 2. The van der Waals surface area contributed by atoms with Crippen molar-refractivity contribution in [2.45, 2.75) is 18.7 Å². The smallest absolute Gasteiger partial charge is 0.267 e. The minimum absolute atomic E-state index is 0.103. The van der Waals surface area contributed by atoms with E-state index in [1.54, 1.807) is 7.05 Å². The van der Waals surface area contributed by atoms with E-state index in [9.17, 15) is 17.2 Å². The predicted octanol–water partition coefficient (Wildman–Crippen LogP) is 4.37. The fraction of sp³-hybridized carbons (Fsp3) is 0.136. The molecule has 0 radical (unpaired) electrons. The van der Waals surface area contributed by atoms with Gasteiger partial charge in [-0.3, -0.25) is 4.68 Å². The van der Waals surface area contributed by atoms with Crippen LogP contribution in [0.1, 0.15) is 11.1 Å². The van der Waals surface area contributed by atoms with Gasteiger partial charge in [0.05, 0.1) is 11.9 Å². The van der Waals surface area contributed by atoms with Crippen molar-refractivity contribution in [2.24, 2.45) is 7.05 Å². The second-order valence-electron chi connectivity index (χ2n) is 7.29. The number of anilines is 1. The van der Waals surface area contributed by atoms with Gasteiger partial charge in [0.1, 0.15) is 4.90 Å². The van der Waals surface area contributed by atoms with Crippen molar-refractivity contribution in [1.82, 2.24) is 19.7 Å². The van der Waals surface area contributed by atoms with E-state index >= 15 is 0 Å². The number of ether oxygens (including phenoxy) is 1. The maximum atomic E-state index is 14.2. The van der Waals surface area contributed by atoms with Crippen molar-refractivity contribution >= 4 is 16.0 Å². The Kier molecular flexibility index (Phi) is 5.81. The van der Waals surface area contributed by atoms with Crippen molar-refractivity contribution in [3.05, 3.63) is 77.6 Å². The number of benzene rings is 2. The highest BCUT2D eigenvalue weighted by atomic mass is 32.2. The second kappa shape index (κ2) is 8.58. The second-order valence-corrected chi connectivity index (χ2v) is 8.97. The summed E-state index contributed by atoms with van der Waals surface area (Å²) < 4.78 is 62.9. The molecule has 0 aliphatic carbocycles. The van der Waals surface area contributed by atoms with E-state index in [2.05, 4.69) is 19.8 Å². The van der Waals surface area contributed by atoms with Crippen LogP contribution < -0.4 is 9.46 Å². The number of nitrogens with zero attached hydrogens (tertiary/aromatic N) is 4. The third-order valence-electron chi connectivity index (χ3n) is 4.78. The number of rotatable bonds is 6. The molecule has 8 nitrogen and oxygen atoms in total. The SMILES string of the molecule is Cc1cccc(C)c1-c1cc(Oc2c(F)cccc2F)nc(NS(=O)(=O)c2cnn(C)c2)n1. The van der Waals surface area contributed by atoms with E-state index in [1.165, 1.54) is 29.2 Å². The highest BCUT2D eigenvalue weighted by Gasteiger charge is 2.21. The van der Waals surface area contributed by atoms with Gasteiger partial charge in [0, 0.05) is 24.9 Å². The lowest BCUT2D eigenvalue weighted by Gasteiger charge is -2.14. The molecule has 2 aromatic carbocycles. The van der Waals surface area contributed by atoms with E-state index < -0.39 is 27.4 Å². The topological polar surface area (TPSA) is 99.0 Å². The van der Waals surface area contributed by atoms with Crippen molar-refractivity contribution in [3.63, 3.8) is 0 Å². The zero-order valence-electron chi connectivity index (χ0n) is 17.9. The lowest BCUT2D eigenvalue weighted by molar-refractivity contribution is 0.395. The Bertz CT molecular complexity index is 1410. The first kappa shape index (κ1) is 22.3.